The Morgan fingerprint density at radius 1 is 0.968 bits per heavy atom. The average Bonchev–Trinajstić information content (AvgIpc) is 2.73. The largest absolute Gasteiger partial charge is 0.494 e. The maximum atomic E-state index is 13.2. The van der Waals surface area contributed by atoms with Gasteiger partial charge in [-0.25, -0.2) is 0 Å². The standard InChI is InChI=1S/C22H18N2O6S/c1-2-30-13-9-7-12(8-10-13)24-16-11-17(31(27,28)29)20(23)19-18(16)21(25)14-5-3-4-6-15(14)22(19)26/h3-11,24H,2,23H2,1H3,(H,27,28,29). The molecule has 0 saturated heterocycles. The molecule has 1 aliphatic rings. The van der Waals surface area contributed by atoms with Crippen LogP contribution in [0.15, 0.2) is 59.5 Å². The molecule has 0 amide bonds. The Morgan fingerprint density at radius 2 is 1.55 bits per heavy atom. The van der Waals surface area contributed by atoms with Gasteiger partial charge in [0.2, 0.25) is 0 Å². The molecule has 0 radical (unpaired) electrons. The van der Waals surface area contributed by atoms with E-state index in [0.29, 0.717) is 18.0 Å². The van der Waals surface area contributed by atoms with Crippen LogP contribution in [0.3, 0.4) is 0 Å². The van der Waals surface area contributed by atoms with E-state index in [9.17, 15) is 22.6 Å². The minimum absolute atomic E-state index is 0.0360. The molecule has 0 unspecified atom stereocenters. The van der Waals surface area contributed by atoms with Crippen LogP contribution in [0, 0.1) is 0 Å². The summed E-state index contributed by atoms with van der Waals surface area (Å²) >= 11 is 0. The summed E-state index contributed by atoms with van der Waals surface area (Å²) < 4.78 is 38.9. The number of benzene rings is 3. The van der Waals surface area contributed by atoms with Crippen LogP contribution in [0.4, 0.5) is 17.1 Å². The lowest BCUT2D eigenvalue weighted by molar-refractivity contribution is 0.0980. The maximum Gasteiger partial charge on any atom is 0.296 e. The number of nitrogens with two attached hydrogens (primary N) is 1. The smallest absolute Gasteiger partial charge is 0.296 e. The van der Waals surface area contributed by atoms with Gasteiger partial charge < -0.3 is 15.8 Å². The van der Waals surface area contributed by atoms with Crippen LogP contribution in [-0.4, -0.2) is 31.1 Å². The molecule has 158 valence electrons. The fraction of sp³-hybridized carbons (Fsp3) is 0.0909. The summed E-state index contributed by atoms with van der Waals surface area (Å²) in [5.74, 6) is -0.443. The molecule has 0 saturated carbocycles. The first kappa shape index (κ1) is 20.6. The zero-order valence-corrected chi connectivity index (χ0v) is 17.2. The second-order valence-electron chi connectivity index (χ2n) is 6.85. The quantitative estimate of drug-likeness (QED) is 0.318. The Bertz CT molecular complexity index is 1330. The lowest BCUT2D eigenvalue weighted by Crippen LogP contribution is -2.25. The van der Waals surface area contributed by atoms with Crippen LogP contribution in [0.2, 0.25) is 0 Å². The second-order valence-corrected chi connectivity index (χ2v) is 8.24. The number of ketones is 2. The summed E-state index contributed by atoms with van der Waals surface area (Å²) in [6, 6.07) is 14.0. The Morgan fingerprint density at radius 3 is 2.10 bits per heavy atom. The van der Waals surface area contributed by atoms with Crippen molar-refractivity contribution in [3.05, 3.63) is 76.9 Å². The number of nitrogens with one attached hydrogen (secondary N) is 1. The predicted molar refractivity (Wildman–Crippen MR) is 115 cm³/mol. The second kappa shape index (κ2) is 7.53. The number of rotatable bonds is 5. The van der Waals surface area contributed by atoms with E-state index in [4.69, 9.17) is 10.5 Å². The molecule has 4 N–H and O–H groups in total. The molecule has 0 aliphatic heterocycles. The van der Waals surface area contributed by atoms with E-state index in [1.54, 1.807) is 36.4 Å². The molecule has 9 heteroatoms. The molecule has 0 heterocycles. The zero-order chi connectivity index (χ0) is 22.3. The minimum Gasteiger partial charge on any atom is -0.494 e. The molecular formula is C22H18N2O6S. The van der Waals surface area contributed by atoms with E-state index in [0.717, 1.165) is 6.07 Å². The maximum absolute atomic E-state index is 13.2. The van der Waals surface area contributed by atoms with Gasteiger partial charge in [0.25, 0.3) is 10.1 Å². The van der Waals surface area contributed by atoms with Crippen molar-refractivity contribution in [2.24, 2.45) is 0 Å². The molecule has 0 atom stereocenters. The fourth-order valence-corrected chi connectivity index (χ4v) is 4.21. The molecule has 0 fully saturated rings. The van der Waals surface area contributed by atoms with Crippen LogP contribution < -0.4 is 15.8 Å². The molecule has 0 aromatic heterocycles. The van der Waals surface area contributed by atoms with Crippen molar-refractivity contribution in [1.29, 1.82) is 0 Å². The van der Waals surface area contributed by atoms with Crippen LogP contribution in [-0.2, 0) is 10.1 Å². The van der Waals surface area contributed by atoms with E-state index in [1.807, 2.05) is 6.92 Å². The first-order valence-electron chi connectivity index (χ1n) is 9.34. The van der Waals surface area contributed by atoms with Gasteiger partial charge in [0.05, 0.1) is 29.1 Å². The number of ether oxygens (including phenoxy) is 1. The number of nitrogen functional groups attached to an aromatic ring is 1. The number of fused-ring (bicyclic) bond motifs is 2. The number of carbonyl (C=O) groups is 2. The van der Waals surface area contributed by atoms with Crippen molar-refractivity contribution in [2.45, 2.75) is 11.8 Å². The number of hydrogen-bond acceptors (Lipinski definition) is 7. The minimum atomic E-state index is -4.76. The first-order chi connectivity index (χ1) is 14.7. The van der Waals surface area contributed by atoms with Crippen molar-refractivity contribution in [2.75, 3.05) is 17.7 Å². The highest BCUT2D eigenvalue weighted by Gasteiger charge is 2.36. The van der Waals surface area contributed by atoms with Gasteiger partial charge in [-0.15, -0.1) is 0 Å². The van der Waals surface area contributed by atoms with Crippen molar-refractivity contribution in [3.8, 4) is 5.75 Å². The third kappa shape index (κ3) is 3.54. The van der Waals surface area contributed by atoms with Crippen molar-refractivity contribution >= 4 is 38.7 Å². The van der Waals surface area contributed by atoms with Gasteiger partial charge in [-0.1, -0.05) is 24.3 Å². The normalized spacial score (nSPS) is 12.8. The van der Waals surface area contributed by atoms with Crippen molar-refractivity contribution < 1.29 is 27.3 Å². The summed E-state index contributed by atoms with van der Waals surface area (Å²) in [5, 5.41) is 2.96. The topological polar surface area (TPSA) is 136 Å². The van der Waals surface area contributed by atoms with Gasteiger partial charge in [-0.2, -0.15) is 8.42 Å². The average molecular weight is 438 g/mol. The molecule has 8 nitrogen and oxygen atoms in total. The monoisotopic (exact) mass is 438 g/mol. The highest BCUT2D eigenvalue weighted by atomic mass is 32.2. The summed E-state index contributed by atoms with van der Waals surface area (Å²) in [6.07, 6.45) is 0. The zero-order valence-electron chi connectivity index (χ0n) is 16.4. The highest BCUT2D eigenvalue weighted by molar-refractivity contribution is 7.86. The third-order valence-electron chi connectivity index (χ3n) is 4.92. The van der Waals surface area contributed by atoms with Crippen LogP contribution >= 0.6 is 0 Å². The van der Waals surface area contributed by atoms with Gasteiger partial charge in [-0.05, 0) is 37.3 Å². The van der Waals surface area contributed by atoms with E-state index >= 15 is 0 Å². The number of carbonyl (C=O) groups excluding carboxylic acids is 2. The molecule has 3 aromatic carbocycles. The van der Waals surface area contributed by atoms with Crippen molar-refractivity contribution in [1.82, 2.24) is 0 Å². The molecule has 1 aliphatic carbocycles. The Labute approximate surface area is 178 Å². The van der Waals surface area contributed by atoms with Crippen LogP contribution in [0.25, 0.3) is 0 Å². The van der Waals surface area contributed by atoms with E-state index in [1.165, 1.54) is 12.1 Å². The molecule has 0 spiro atoms. The Balaban J connectivity index is 1.93. The van der Waals surface area contributed by atoms with Gasteiger partial charge in [0.15, 0.2) is 11.6 Å². The van der Waals surface area contributed by atoms with Gasteiger partial charge in [0, 0.05) is 16.8 Å². The van der Waals surface area contributed by atoms with Crippen LogP contribution in [0.5, 0.6) is 5.75 Å². The highest BCUT2D eigenvalue weighted by Crippen LogP contribution is 2.40. The molecule has 0 bridgehead atoms. The molecule has 3 aromatic rings. The summed E-state index contributed by atoms with van der Waals surface area (Å²) in [5.41, 5.74) is 6.03. The van der Waals surface area contributed by atoms with E-state index < -0.39 is 32.3 Å². The lowest BCUT2D eigenvalue weighted by atomic mass is 9.82. The van der Waals surface area contributed by atoms with Crippen LogP contribution in [0.1, 0.15) is 38.8 Å². The van der Waals surface area contributed by atoms with Gasteiger partial charge >= 0.3 is 0 Å². The Kier molecular flexibility index (Phi) is 5.00. The summed E-state index contributed by atoms with van der Waals surface area (Å²) in [7, 11) is -4.76. The van der Waals surface area contributed by atoms with E-state index in [-0.39, 0.29) is 27.9 Å². The SMILES string of the molecule is CCOc1ccc(Nc2cc(S(=O)(=O)O)c(N)c3c2C(=O)c2ccccc2C3=O)cc1. The summed E-state index contributed by atoms with van der Waals surface area (Å²) in [4.78, 5) is 25.7. The van der Waals surface area contributed by atoms with Crippen molar-refractivity contribution in [3.63, 3.8) is 0 Å². The number of hydrogen-bond donors (Lipinski definition) is 3. The Hall–Kier alpha value is -3.69. The molecule has 31 heavy (non-hydrogen) atoms. The fourth-order valence-electron chi connectivity index (χ4n) is 3.56. The summed E-state index contributed by atoms with van der Waals surface area (Å²) in [6.45, 7) is 2.34. The lowest BCUT2D eigenvalue weighted by Gasteiger charge is -2.23. The van der Waals surface area contributed by atoms with Gasteiger partial charge in [-0.3, -0.25) is 14.1 Å². The predicted octanol–water partition coefficient (Wildman–Crippen LogP) is 3.43. The molecule has 4 rings (SSSR count). The third-order valence-corrected chi connectivity index (χ3v) is 5.82. The molecular weight excluding hydrogens is 420 g/mol. The first-order valence-corrected chi connectivity index (χ1v) is 10.8. The number of anilines is 3. The van der Waals surface area contributed by atoms with Gasteiger partial charge in [0.1, 0.15) is 10.6 Å². The van der Waals surface area contributed by atoms with E-state index in [2.05, 4.69) is 5.32 Å².